The molecule has 1 aromatic heterocycles. The van der Waals surface area contributed by atoms with Crippen molar-refractivity contribution in [3.63, 3.8) is 0 Å². The number of aryl methyl sites for hydroxylation is 1. The summed E-state index contributed by atoms with van der Waals surface area (Å²) in [5.41, 5.74) is 4.57. The van der Waals surface area contributed by atoms with E-state index < -0.39 is 0 Å². The van der Waals surface area contributed by atoms with Gasteiger partial charge in [0.2, 0.25) is 11.1 Å². The summed E-state index contributed by atoms with van der Waals surface area (Å²) in [7, 11) is 3.24. The normalized spacial score (nSPS) is 10.6. The number of carbonyl (C=O) groups is 1. The lowest BCUT2D eigenvalue weighted by Crippen LogP contribution is -2.14. The number of halogens is 1. The first-order valence-electron chi connectivity index (χ1n) is 10.7. The molecule has 4 aromatic rings. The number of amides is 1. The van der Waals surface area contributed by atoms with Gasteiger partial charge in [-0.1, -0.05) is 29.4 Å². The van der Waals surface area contributed by atoms with Gasteiger partial charge in [0.05, 0.1) is 20.0 Å². The van der Waals surface area contributed by atoms with Gasteiger partial charge in [0.25, 0.3) is 0 Å². The fourth-order valence-electron chi connectivity index (χ4n) is 3.26. The van der Waals surface area contributed by atoms with E-state index in [2.05, 4.69) is 15.5 Å². The van der Waals surface area contributed by atoms with Crippen molar-refractivity contribution in [3.05, 3.63) is 77.3 Å². The minimum absolute atomic E-state index is 0.122. The van der Waals surface area contributed by atoms with Crippen LogP contribution in [0.4, 0.5) is 5.69 Å². The second kappa shape index (κ2) is 11.2. The van der Waals surface area contributed by atoms with E-state index in [-0.39, 0.29) is 11.7 Å². The number of nitrogens with one attached hydrogen (secondary N) is 1. The number of thioether (sulfide) groups is 1. The van der Waals surface area contributed by atoms with E-state index in [4.69, 9.17) is 26.1 Å². The Morgan fingerprint density at radius 1 is 0.886 bits per heavy atom. The average molecular weight is 507 g/mol. The minimum atomic E-state index is -0.191. The standard InChI is InChI=1S/C26H23ClN4O3S/c1-16-4-9-19(14-22(16)27)28-23(32)15-35-26-29-24(17-5-10-20(33-2)11-6-17)25(30-31-26)18-7-12-21(34-3)13-8-18/h4-14H,15H2,1-3H3,(H,28,32). The van der Waals surface area contributed by atoms with Crippen molar-refractivity contribution in [2.75, 3.05) is 25.3 Å². The lowest BCUT2D eigenvalue weighted by molar-refractivity contribution is -0.113. The summed E-state index contributed by atoms with van der Waals surface area (Å²) in [4.78, 5) is 17.2. The van der Waals surface area contributed by atoms with Crippen molar-refractivity contribution in [1.29, 1.82) is 0 Å². The number of methoxy groups -OCH3 is 2. The fourth-order valence-corrected chi connectivity index (χ4v) is 4.03. The highest BCUT2D eigenvalue weighted by atomic mass is 35.5. The number of rotatable bonds is 8. The van der Waals surface area contributed by atoms with E-state index in [1.54, 1.807) is 20.3 Å². The van der Waals surface area contributed by atoms with E-state index in [0.29, 0.717) is 27.3 Å². The topological polar surface area (TPSA) is 86.2 Å². The van der Waals surface area contributed by atoms with Gasteiger partial charge >= 0.3 is 0 Å². The van der Waals surface area contributed by atoms with Crippen molar-refractivity contribution in [3.8, 4) is 34.0 Å². The SMILES string of the molecule is COc1ccc(-c2nnc(SCC(=O)Nc3ccc(C)c(Cl)c3)nc2-c2ccc(OC)cc2)cc1. The molecule has 0 aliphatic heterocycles. The molecule has 9 heteroatoms. The molecule has 0 saturated carbocycles. The number of nitrogens with zero attached hydrogens (tertiary/aromatic N) is 3. The van der Waals surface area contributed by atoms with Gasteiger partial charge in [-0.25, -0.2) is 4.98 Å². The van der Waals surface area contributed by atoms with E-state index in [0.717, 1.165) is 28.2 Å². The van der Waals surface area contributed by atoms with Gasteiger partial charge in [0.1, 0.15) is 22.9 Å². The molecule has 0 unspecified atom stereocenters. The number of anilines is 1. The summed E-state index contributed by atoms with van der Waals surface area (Å²) in [5, 5.41) is 12.6. The molecule has 0 saturated heterocycles. The predicted molar refractivity (Wildman–Crippen MR) is 139 cm³/mol. The average Bonchev–Trinajstić information content (AvgIpc) is 2.89. The van der Waals surface area contributed by atoms with E-state index >= 15 is 0 Å². The Kier molecular flexibility index (Phi) is 7.84. The van der Waals surface area contributed by atoms with Gasteiger partial charge in [-0.3, -0.25) is 4.79 Å². The van der Waals surface area contributed by atoms with Crippen molar-refractivity contribution in [1.82, 2.24) is 15.2 Å². The Balaban J connectivity index is 1.57. The minimum Gasteiger partial charge on any atom is -0.497 e. The monoisotopic (exact) mass is 506 g/mol. The Morgan fingerprint density at radius 2 is 1.49 bits per heavy atom. The van der Waals surface area contributed by atoms with Crippen LogP contribution in [0.2, 0.25) is 5.02 Å². The third kappa shape index (κ3) is 6.09. The quantitative estimate of drug-likeness (QED) is 0.297. The molecule has 7 nitrogen and oxygen atoms in total. The molecule has 0 spiro atoms. The van der Waals surface area contributed by atoms with Crippen LogP contribution >= 0.6 is 23.4 Å². The van der Waals surface area contributed by atoms with Crippen LogP contribution in [-0.4, -0.2) is 41.1 Å². The zero-order valence-electron chi connectivity index (χ0n) is 19.4. The van der Waals surface area contributed by atoms with Crippen molar-refractivity contribution < 1.29 is 14.3 Å². The molecule has 4 rings (SSSR count). The number of hydrogen-bond acceptors (Lipinski definition) is 7. The van der Waals surface area contributed by atoms with Crippen LogP contribution in [0.15, 0.2) is 71.9 Å². The number of aromatic nitrogens is 3. The van der Waals surface area contributed by atoms with E-state index in [9.17, 15) is 4.79 Å². The van der Waals surface area contributed by atoms with Gasteiger partial charge in [-0.05, 0) is 73.2 Å². The summed E-state index contributed by atoms with van der Waals surface area (Å²) < 4.78 is 10.5. The molecule has 3 aromatic carbocycles. The van der Waals surface area contributed by atoms with Gasteiger partial charge in [-0.2, -0.15) is 0 Å². The molecule has 1 N–H and O–H groups in total. The largest absolute Gasteiger partial charge is 0.497 e. The van der Waals surface area contributed by atoms with E-state index in [1.165, 1.54) is 11.8 Å². The lowest BCUT2D eigenvalue weighted by atomic mass is 10.0. The molecule has 35 heavy (non-hydrogen) atoms. The smallest absolute Gasteiger partial charge is 0.234 e. The first kappa shape index (κ1) is 24.5. The Labute approximate surface area is 212 Å². The van der Waals surface area contributed by atoms with Crippen molar-refractivity contribution in [2.45, 2.75) is 12.1 Å². The number of carbonyl (C=O) groups excluding carboxylic acids is 1. The molecular formula is C26H23ClN4O3S. The molecule has 1 heterocycles. The van der Waals surface area contributed by atoms with Crippen LogP contribution in [0.1, 0.15) is 5.56 Å². The first-order chi connectivity index (χ1) is 17.0. The molecule has 0 radical (unpaired) electrons. The van der Waals surface area contributed by atoms with Crippen molar-refractivity contribution >= 4 is 35.0 Å². The molecule has 0 aliphatic carbocycles. The van der Waals surface area contributed by atoms with Crippen molar-refractivity contribution in [2.24, 2.45) is 0 Å². The summed E-state index contributed by atoms with van der Waals surface area (Å²) >= 11 is 7.35. The molecule has 0 aliphatic rings. The van der Waals surface area contributed by atoms with Gasteiger partial charge in [0, 0.05) is 21.8 Å². The molecule has 0 bridgehead atoms. The van der Waals surface area contributed by atoms with E-state index in [1.807, 2.05) is 67.6 Å². The van der Waals surface area contributed by atoms with Gasteiger partial charge < -0.3 is 14.8 Å². The summed E-state index contributed by atoms with van der Waals surface area (Å²) in [6, 6.07) is 20.5. The maximum absolute atomic E-state index is 12.5. The van der Waals surface area contributed by atoms with Gasteiger partial charge in [-0.15, -0.1) is 10.2 Å². The highest BCUT2D eigenvalue weighted by Crippen LogP contribution is 2.32. The lowest BCUT2D eigenvalue weighted by Gasteiger charge is -2.11. The number of benzene rings is 3. The van der Waals surface area contributed by atoms with Crippen LogP contribution in [0, 0.1) is 6.92 Å². The van der Waals surface area contributed by atoms with Crippen LogP contribution in [0.3, 0.4) is 0 Å². The maximum Gasteiger partial charge on any atom is 0.234 e. The van der Waals surface area contributed by atoms with Crippen LogP contribution in [0.5, 0.6) is 11.5 Å². The zero-order valence-corrected chi connectivity index (χ0v) is 21.0. The second-order valence-corrected chi connectivity index (χ2v) is 8.90. The highest BCUT2D eigenvalue weighted by molar-refractivity contribution is 7.99. The summed E-state index contributed by atoms with van der Waals surface area (Å²) in [6.45, 7) is 1.91. The van der Waals surface area contributed by atoms with Gasteiger partial charge in [0.15, 0.2) is 0 Å². The van der Waals surface area contributed by atoms with Crippen LogP contribution in [0.25, 0.3) is 22.5 Å². The zero-order chi connectivity index (χ0) is 24.8. The van der Waals surface area contributed by atoms with Crippen LogP contribution < -0.4 is 14.8 Å². The third-order valence-corrected chi connectivity index (χ3v) is 6.43. The first-order valence-corrected chi connectivity index (χ1v) is 12.1. The predicted octanol–water partition coefficient (Wildman–Crippen LogP) is 5.92. The molecule has 0 fully saturated rings. The number of hydrogen-bond donors (Lipinski definition) is 1. The Bertz CT molecular complexity index is 1330. The van der Waals surface area contributed by atoms with Crippen LogP contribution in [-0.2, 0) is 4.79 Å². The summed E-state index contributed by atoms with van der Waals surface area (Å²) in [5.74, 6) is 1.42. The summed E-state index contributed by atoms with van der Waals surface area (Å²) in [6.07, 6.45) is 0. The molecule has 1 amide bonds. The third-order valence-electron chi connectivity index (χ3n) is 5.18. The Morgan fingerprint density at radius 3 is 2.06 bits per heavy atom. The molecule has 0 atom stereocenters. The highest BCUT2D eigenvalue weighted by Gasteiger charge is 2.15. The Hall–Kier alpha value is -3.62. The number of ether oxygens (including phenoxy) is 2. The molecule has 178 valence electrons. The second-order valence-electron chi connectivity index (χ2n) is 7.55. The molecular weight excluding hydrogens is 484 g/mol. The fraction of sp³-hybridized carbons (Fsp3) is 0.154. The maximum atomic E-state index is 12.5.